The van der Waals surface area contributed by atoms with Crippen molar-refractivity contribution >= 4 is 23.4 Å². The zero-order chi connectivity index (χ0) is 28.2. The van der Waals surface area contributed by atoms with Gasteiger partial charge in [-0.15, -0.1) is 0 Å². The van der Waals surface area contributed by atoms with Gasteiger partial charge in [-0.05, 0) is 48.9 Å². The number of para-hydroxylation sites is 2. The minimum absolute atomic E-state index is 0.0881. The van der Waals surface area contributed by atoms with Crippen LogP contribution in [0.15, 0.2) is 54.6 Å². The first-order valence-electron chi connectivity index (χ1n) is 13.5. The molecule has 2 N–H and O–H groups in total. The van der Waals surface area contributed by atoms with Gasteiger partial charge >= 0.3 is 6.03 Å². The van der Waals surface area contributed by atoms with Crippen LogP contribution in [0.5, 0.6) is 0 Å². The topological polar surface area (TPSA) is 79.3 Å². The van der Waals surface area contributed by atoms with Crippen LogP contribution >= 0.6 is 0 Å². The fourth-order valence-corrected chi connectivity index (χ4v) is 4.30. The van der Waals surface area contributed by atoms with Crippen LogP contribution in [-0.4, -0.2) is 39.2 Å². The molecule has 3 amide bonds. The lowest BCUT2D eigenvalue weighted by atomic mass is 9.92. The van der Waals surface area contributed by atoms with E-state index in [4.69, 9.17) is 5.10 Å². The van der Waals surface area contributed by atoms with Gasteiger partial charge in [-0.25, -0.2) is 9.48 Å². The molecule has 0 radical (unpaired) electrons. The smallest absolute Gasteiger partial charge is 0.313 e. The van der Waals surface area contributed by atoms with E-state index in [-0.39, 0.29) is 41.8 Å². The van der Waals surface area contributed by atoms with Crippen LogP contribution in [0.25, 0.3) is 5.69 Å². The fraction of sp³-hybridized carbons (Fsp3) is 0.452. The highest BCUT2D eigenvalue weighted by Gasteiger charge is 2.25. The molecule has 0 aliphatic heterocycles. The standard InChI is InChI=1S/C31H43N5O2/c1-20(2)24-16-13-17-25(21(3)4)29(24)33-30(38)35(22(5)6)19-28(37)32-27-18-26(31(7,8)9)34-36(27)23-14-11-10-12-15-23/h10-18,20-22H,19H2,1-9H3,(H,32,37)(H,33,38). The molecule has 38 heavy (non-hydrogen) atoms. The number of urea groups is 1. The van der Waals surface area contributed by atoms with E-state index in [2.05, 4.69) is 71.2 Å². The summed E-state index contributed by atoms with van der Waals surface area (Å²) in [5.41, 5.74) is 4.52. The summed E-state index contributed by atoms with van der Waals surface area (Å²) in [6.07, 6.45) is 0. The normalized spacial score (nSPS) is 11.8. The maximum Gasteiger partial charge on any atom is 0.322 e. The third kappa shape index (κ3) is 6.82. The zero-order valence-corrected chi connectivity index (χ0v) is 24.3. The average Bonchev–Trinajstić information content (AvgIpc) is 3.27. The molecule has 3 aromatic rings. The number of hydrogen-bond acceptors (Lipinski definition) is 3. The van der Waals surface area contributed by atoms with E-state index in [1.807, 2.05) is 56.3 Å². The largest absolute Gasteiger partial charge is 0.322 e. The Labute approximate surface area is 227 Å². The van der Waals surface area contributed by atoms with Gasteiger partial charge in [-0.1, -0.05) is 84.9 Å². The fourth-order valence-electron chi connectivity index (χ4n) is 4.30. The lowest BCUT2D eigenvalue weighted by molar-refractivity contribution is -0.117. The zero-order valence-electron chi connectivity index (χ0n) is 24.3. The number of benzene rings is 2. The van der Waals surface area contributed by atoms with Gasteiger partial charge in [0.1, 0.15) is 12.4 Å². The predicted molar refractivity (Wildman–Crippen MR) is 156 cm³/mol. The monoisotopic (exact) mass is 517 g/mol. The Morgan fingerprint density at radius 1 is 0.868 bits per heavy atom. The summed E-state index contributed by atoms with van der Waals surface area (Å²) in [6, 6.07) is 17.3. The van der Waals surface area contributed by atoms with Crippen molar-refractivity contribution in [2.45, 2.75) is 85.6 Å². The number of nitrogens with one attached hydrogen (secondary N) is 2. The average molecular weight is 518 g/mol. The number of hydrogen-bond donors (Lipinski definition) is 2. The second kappa shape index (κ2) is 11.8. The lowest BCUT2D eigenvalue weighted by Gasteiger charge is -2.28. The molecule has 1 heterocycles. The van der Waals surface area contributed by atoms with Crippen molar-refractivity contribution < 1.29 is 9.59 Å². The van der Waals surface area contributed by atoms with Crippen LogP contribution in [0.2, 0.25) is 0 Å². The van der Waals surface area contributed by atoms with Gasteiger partial charge in [0.05, 0.1) is 11.4 Å². The van der Waals surface area contributed by atoms with E-state index in [1.54, 1.807) is 9.58 Å². The molecular formula is C31H43N5O2. The van der Waals surface area contributed by atoms with Crippen molar-refractivity contribution in [1.82, 2.24) is 14.7 Å². The van der Waals surface area contributed by atoms with Crippen LogP contribution in [0.1, 0.15) is 91.0 Å². The molecule has 2 aromatic carbocycles. The van der Waals surface area contributed by atoms with Crippen molar-refractivity contribution in [3.8, 4) is 5.69 Å². The molecular weight excluding hydrogens is 474 g/mol. The first-order valence-corrected chi connectivity index (χ1v) is 13.5. The molecule has 0 fully saturated rings. The Hall–Kier alpha value is -3.61. The number of aromatic nitrogens is 2. The van der Waals surface area contributed by atoms with Gasteiger partial charge in [0.15, 0.2) is 0 Å². The number of nitrogens with zero attached hydrogens (tertiary/aromatic N) is 3. The minimum Gasteiger partial charge on any atom is -0.313 e. The Morgan fingerprint density at radius 2 is 1.45 bits per heavy atom. The Kier molecular flexibility index (Phi) is 9.02. The van der Waals surface area contributed by atoms with E-state index in [0.717, 1.165) is 28.2 Å². The van der Waals surface area contributed by atoms with Crippen LogP contribution in [0.4, 0.5) is 16.3 Å². The first kappa shape index (κ1) is 29.0. The highest BCUT2D eigenvalue weighted by molar-refractivity contribution is 5.97. The van der Waals surface area contributed by atoms with Crippen molar-refractivity contribution in [3.63, 3.8) is 0 Å². The summed E-state index contributed by atoms with van der Waals surface area (Å²) in [6.45, 7) is 18.5. The van der Waals surface area contributed by atoms with E-state index < -0.39 is 0 Å². The van der Waals surface area contributed by atoms with Crippen molar-refractivity contribution in [1.29, 1.82) is 0 Å². The summed E-state index contributed by atoms with van der Waals surface area (Å²) >= 11 is 0. The molecule has 0 saturated heterocycles. The lowest BCUT2D eigenvalue weighted by Crippen LogP contribution is -2.45. The van der Waals surface area contributed by atoms with Gasteiger partial charge in [-0.2, -0.15) is 5.10 Å². The summed E-state index contributed by atoms with van der Waals surface area (Å²) in [5.74, 6) is 0.778. The van der Waals surface area contributed by atoms with Crippen LogP contribution < -0.4 is 10.6 Å². The third-order valence-electron chi connectivity index (χ3n) is 6.55. The highest BCUT2D eigenvalue weighted by atomic mass is 16.2. The molecule has 3 rings (SSSR count). The first-order chi connectivity index (χ1) is 17.8. The van der Waals surface area contributed by atoms with Gasteiger partial charge in [0.25, 0.3) is 0 Å². The molecule has 0 aliphatic carbocycles. The summed E-state index contributed by atoms with van der Waals surface area (Å²) in [5, 5.41) is 10.9. The van der Waals surface area contributed by atoms with Crippen molar-refractivity contribution in [2.75, 3.05) is 17.2 Å². The summed E-state index contributed by atoms with van der Waals surface area (Å²) in [7, 11) is 0. The number of rotatable bonds is 8. The van der Waals surface area contributed by atoms with Crippen LogP contribution in [0.3, 0.4) is 0 Å². The number of carbonyl (C=O) groups excluding carboxylic acids is 2. The SMILES string of the molecule is CC(C)c1cccc(C(C)C)c1NC(=O)N(CC(=O)Nc1cc(C(C)(C)C)nn1-c1ccccc1)C(C)C. The van der Waals surface area contributed by atoms with Gasteiger partial charge in [0, 0.05) is 23.2 Å². The Balaban J connectivity index is 1.86. The molecule has 1 aromatic heterocycles. The van der Waals surface area contributed by atoms with Crippen molar-refractivity contribution in [2.24, 2.45) is 0 Å². The van der Waals surface area contributed by atoms with Crippen LogP contribution in [-0.2, 0) is 10.2 Å². The second-order valence-corrected chi connectivity index (χ2v) is 11.7. The highest BCUT2D eigenvalue weighted by Crippen LogP contribution is 2.33. The van der Waals surface area contributed by atoms with Crippen molar-refractivity contribution in [3.05, 3.63) is 71.4 Å². The van der Waals surface area contributed by atoms with E-state index in [1.165, 1.54) is 0 Å². The maximum absolute atomic E-state index is 13.5. The maximum atomic E-state index is 13.5. The second-order valence-electron chi connectivity index (χ2n) is 11.7. The molecule has 0 bridgehead atoms. The quantitative estimate of drug-likeness (QED) is 0.329. The summed E-state index contributed by atoms with van der Waals surface area (Å²) < 4.78 is 1.74. The molecule has 0 aliphatic rings. The molecule has 7 heteroatoms. The minimum atomic E-state index is -0.294. The van der Waals surface area contributed by atoms with E-state index in [0.29, 0.717) is 5.82 Å². The molecule has 0 atom stereocenters. The molecule has 7 nitrogen and oxygen atoms in total. The van der Waals surface area contributed by atoms with Crippen LogP contribution in [0, 0.1) is 0 Å². The molecule has 204 valence electrons. The Morgan fingerprint density at radius 3 is 1.95 bits per heavy atom. The molecule has 0 spiro atoms. The van der Waals surface area contributed by atoms with Gasteiger partial charge in [-0.3, -0.25) is 4.79 Å². The number of anilines is 2. The number of amides is 3. The third-order valence-corrected chi connectivity index (χ3v) is 6.55. The number of carbonyl (C=O) groups is 2. The van der Waals surface area contributed by atoms with E-state index in [9.17, 15) is 9.59 Å². The summed E-state index contributed by atoms with van der Waals surface area (Å²) in [4.78, 5) is 28.4. The Bertz CT molecular complexity index is 1230. The van der Waals surface area contributed by atoms with E-state index >= 15 is 0 Å². The predicted octanol–water partition coefficient (Wildman–Crippen LogP) is 7.30. The van der Waals surface area contributed by atoms with Gasteiger partial charge in [0.2, 0.25) is 5.91 Å². The van der Waals surface area contributed by atoms with Gasteiger partial charge < -0.3 is 15.5 Å². The molecule has 0 unspecified atom stereocenters. The molecule has 0 saturated carbocycles.